The number of carbonyl (C=O) groups excluding carboxylic acids is 2. The molecule has 174 valence electrons. The summed E-state index contributed by atoms with van der Waals surface area (Å²) in [6.07, 6.45) is -1.75. The van der Waals surface area contributed by atoms with E-state index in [0.717, 1.165) is 18.6 Å². The van der Waals surface area contributed by atoms with E-state index in [-0.39, 0.29) is 22.6 Å². The summed E-state index contributed by atoms with van der Waals surface area (Å²) in [5.41, 5.74) is 9.02. The summed E-state index contributed by atoms with van der Waals surface area (Å²) in [4.78, 5) is 38.5. The number of likely N-dealkylation sites (tertiary alicyclic amines) is 1. The number of anilines is 1. The molecule has 32 heavy (non-hydrogen) atoms. The first-order chi connectivity index (χ1) is 15.1. The van der Waals surface area contributed by atoms with Crippen LogP contribution in [0.15, 0.2) is 33.5 Å². The molecule has 1 saturated heterocycles. The highest BCUT2D eigenvalue weighted by molar-refractivity contribution is 5.99. The second-order valence-electron chi connectivity index (χ2n) is 7.76. The van der Waals surface area contributed by atoms with E-state index in [2.05, 4.69) is 5.32 Å². The molecule has 0 aliphatic carbocycles. The number of unbranched alkanes of at least 4 members (excludes halogenated alkanes) is 1. The fourth-order valence-corrected chi connectivity index (χ4v) is 3.85. The van der Waals surface area contributed by atoms with Crippen LogP contribution in [0, 0.1) is 0 Å². The van der Waals surface area contributed by atoms with Crippen LogP contribution in [0.25, 0.3) is 11.0 Å². The molecule has 2 atom stereocenters. The van der Waals surface area contributed by atoms with Gasteiger partial charge in [0.1, 0.15) is 11.6 Å². The molecule has 2 amide bonds. The SMILES string of the molecule is NCCCC[C@H](N)C(=O)N1CCC[C@H]1C(=O)Nc1ccc2c(C(F)(F)F)cc(=O)oc2c1. The molecule has 3 rings (SSSR count). The summed E-state index contributed by atoms with van der Waals surface area (Å²) in [5.74, 6) is -0.808. The zero-order chi connectivity index (χ0) is 23.5. The first kappa shape index (κ1) is 23.7. The summed E-state index contributed by atoms with van der Waals surface area (Å²) < 4.78 is 44.5. The number of alkyl halides is 3. The van der Waals surface area contributed by atoms with Crippen LogP contribution in [0.4, 0.5) is 18.9 Å². The lowest BCUT2D eigenvalue weighted by Gasteiger charge is -2.26. The molecule has 5 N–H and O–H groups in total. The van der Waals surface area contributed by atoms with Crippen LogP contribution >= 0.6 is 0 Å². The minimum atomic E-state index is -4.73. The van der Waals surface area contributed by atoms with Gasteiger partial charge in [-0.3, -0.25) is 9.59 Å². The van der Waals surface area contributed by atoms with Crippen LogP contribution in [0.2, 0.25) is 0 Å². The van der Waals surface area contributed by atoms with Crippen LogP contribution in [-0.2, 0) is 15.8 Å². The topological polar surface area (TPSA) is 132 Å². The number of nitrogens with two attached hydrogens (primary N) is 2. The Bertz CT molecular complexity index is 1050. The Morgan fingerprint density at radius 2 is 2.00 bits per heavy atom. The maximum absolute atomic E-state index is 13.2. The molecule has 1 aromatic heterocycles. The van der Waals surface area contributed by atoms with Crippen molar-refractivity contribution in [1.29, 1.82) is 0 Å². The molecule has 1 aromatic carbocycles. The maximum Gasteiger partial charge on any atom is 0.417 e. The lowest BCUT2D eigenvalue weighted by Crippen LogP contribution is -2.49. The average Bonchev–Trinajstić information content (AvgIpc) is 3.21. The molecule has 0 unspecified atom stereocenters. The maximum atomic E-state index is 13.2. The van der Waals surface area contributed by atoms with E-state index in [4.69, 9.17) is 15.9 Å². The summed E-state index contributed by atoms with van der Waals surface area (Å²) >= 11 is 0. The predicted molar refractivity (Wildman–Crippen MR) is 112 cm³/mol. The first-order valence-electron chi connectivity index (χ1n) is 10.3. The number of nitrogens with one attached hydrogen (secondary N) is 1. The standard InChI is InChI=1S/C21H25F3N4O4/c22-21(23,24)14-11-18(29)32-17-10-12(6-7-13(14)17)27-19(30)16-5-3-9-28(16)20(31)15(26)4-1-2-8-25/h6-7,10-11,15-16H,1-5,8-9,25-26H2,(H,27,30)/t15-,16-/m0/s1. The second-order valence-corrected chi connectivity index (χ2v) is 7.76. The molecule has 1 aliphatic heterocycles. The number of carbonyl (C=O) groups is 2. The zero-order valence-corrected chi connectivity index (χ0v) is 17.3. The summed E-state index contributed by atoms with van der Waals surface area (Å²) in [5, 5.41) is 2.30. The fourth-order valence-electron chi connectivity index (χ4n) is 3.85. The van der Waals surface area contributed by atoms with Crippen molar-refractivity contribution < 1.29 is 27.2 Å². The normalized spacial score (nSPS) is 17.5. The predicted octanol–water partition coefficient (Wildman–Crippen LogP) is 2.20. The van der Waals surface area contributed by atoms with Gasteiger partial charge in [-0.15, -0.1) is 0 Å². The smallest absolute Gasteiger partial charge is 0.417 e. The number of nitrogens with zero attached hydrogens (tertiary/aromatic N) is 1. The van der Waals surface area contributed by atoms with E-state index in [1.165, 1.54) is 11.0 Å². The third kappa shape index (κ3) is 5.28. The Labute approximate surface area is 181 Å². The lowest BCUT2D eigenvalue weighted by atomic mass is 10.1. The number of fused-ring (bicyclic) bond motifs is 1. The Balaban J connectivity index is 1.76. The lowest BCUT2D eigenvalue weighted by molar-refractivity contribution is -0.137. The van der Waals surface area contributed by atoms with Crippen molar-refractivity contribution >= 4 is 28.5 Å². The van der Waals surface area contributed by atoms with E-state index < -0.39 is 35.4 Å². The molecule has 0 saturated carbocycles. The minimum absolute atomic E-state index is 0.150. The highest BCUT2D eigenvalue weighted by Gasteiger charge is 2.36. The highest BCUT2D eigenvalue weighted by Crippen LogP contribution is 2.34. The van der Waals surface area contributed by atoms with Crippen molar-refractivity contribution in [2.45, 2.75) is 50.4 Å². The number of amides is 2. The molecule has 8 nitrogen and oxygen atoms in total. The Morgan fingerprint density at radius 3 is 2.69 bits per heavy atom. The highest BCUT2D eigenvalue weighted by atomic mass is 19.4. The van der Waals surface area contributed by atoms with Crippen molar-refractivity contribution in [3.63, 3.8) is 0 Å². The van der Waals surface area contributed by atoms with Gasteiger partial charge in [-0.2, -0.15) is 13.2 Å². The molecule has 1 aliphatic rings. The minimum Gasteiger partial charge on any atom is -0.423 e. The van der Waals surface area contributed by atoms with Crippen LogP contribution in [0.5, 0.6) is 0 Å². The van der Waals surface area contributed by atoms with Crippen LogP contribution in [-0.4, -0.2) is 41.9 Å². The Kier molecular flexibility index (Phi) is 7.19. The van der Waals surface area contributed by atoms with Crippen molar-refractivity contribution in [2.24, 2.45) is 11.5 Å². The van der Waals surface area contributed by atoms with Crippen LogP contribution < -0.4 is 22.4 Å². The number of benzene rings is 1. The molecule has 11 heteroatoms. The molecule has 0 radical (unpaired) electrons. The monoisotopic (exact) mass is 454 g/mol. The van der Waals surface area contributed by atoms with Gasteiger partial charge in [0.15, 0.2) is 0 Å². The van der Waals surface area contributed by atoms with Gasteiger partial charge in [0.2, 0.25) is 11.8 Å². The molecule has 0 bridgehead atoms. The van der Waals surface area contributed by atoms with Gasteiger partial charge in [-0.25, -0.2) is 4.79 Å². The number of rotatable bonds is 7. The third-order valence-corrected chi connectivity index (χ3v) is 5.44. The van der Waals surface area contributed by atoms with E-state index >= 15 is 0 Å². The van der Waals surface area contributed by atoms with Crippen molar-refractivity contribution in [3.8, 4) is 0 Å². The Hall–Kier alpha value is -2.92. The van der Waals surface area contributed by atoms with Gasteiger partial charge in [0, 0.05) is 29.8 Å². The summed E-state index contributed by atoms with van der Waals surface area (Å²) in [6.45, 7) is 0.898. The number of hydrogen-bond donors (Lipinski definition) is 3. The Morgan fingerprint density at radius 1 is 1.25 bits per heavy atom. The van der Waals surface area contributed by atoms with Crippen molar-refractivity contribution in [1.82, 2.24) is 4.90 Å². The number of hydrogen-bond acceptors (Lipinski definition) is 6. The molecule has 1 fully saturated rings. The molecule has 2 aromatic rings. The van der Waals surface area contributed by atoms with Crippen molar-refractivity contribution in [2.75, 3.05) is 18.4 Å². The van der Waals surface area contributed by atoms with Gasteiger partial charge < -0.3 is 26.1 Å². The summed E-state index contributed by atoms with van der Waals surface area (Å²) in [7, 11) is 0. The van der Waals surface area contributed by atoms with E-state index in [1.54, 1.807) is 0 Å². The van der Waals surface area contributed by atoms with E-state index in [0.29, 0.717) is 44.8 Å². The van der Waals surface area contributed by atoms with Crippen molar-refractivity contribution in [3.05, 3.63) is 40.2 Å². The fraction of sp³-hybridized carbons (Fsp3) is 0.476. The molecule has 0 spiro atoms. The van der Waals surface area contributed by atoms with Gasteiger partial charge in [0.25, 0.3) is 0 Å². The van der Waals surface area contributed by atoms with Gasteiger partial charge in [-0.05, 0) is 44.4 Å². The molecule has 2 heterocycles. The molecular formula is C21H25F3N4O4. The number of halogens is 3. The van der Waals surface area contributed by atoms with Gasteiger partial charge >= 0.3 is 11.8 Å². The quantitative estimate of drug-likeness (QED) is 0.434. The third-order valence-electron chi connectivity index (χ3n) is 5.44. The van der Waals surface area contributed by atoms with Gasteiger partial charge in [0.05, 0.1) is 11.6 Å². The van der Waals surface area contributed by atoms with Gasteiger partial charge in [-0.1, -0.05) is 6.42 Å². The summed E-state index contributed by atoms with van der Waals surface area (Å²) in [6, 6.07) is 2.48. The second kappa shape index (κ2) is 9.70. The average molecular weight is 454 g/mol. The first-order valence-corrected chi connectivity index (χ1v) is 10.3. The van der Waals surface area contributed by atoms with Crippen LogP contribution in [0.3, 0.4) is 0 Å². The largest absolute Gasteiger partial charge is 0.423 e. The zero-order valence-electron chi connectivity index (χ0n) is 17.3. The van der Waals surface area contributed by atoms with E-state index in [1.807, 2.05) is 0 Å². The molecular weight excluding hydrogens is 429 g/mol. The van der Waals surface area contributed by atoms with Crippen LogP contribution in [0.1, 0.15) is 37.7 Å². The van der Waals surface area contributed by atoms with E-state index in [9.17, 15) is 27.6 Å².